The topological polar surface area (TPSA) is 66.6 Å². The molecule has 21 heavy (non-hydrogen) atoms. The van der Waals surface area contributed by atoms with Gasteiger partial charge < -0.3 is 14.4 Å². The van der Waals surface area contributed by atoms with Crippen molar-refractivity contribution >= 4 is 17.2 Å². The van der Waals surface area contributed by atoms with E-state index < -0.39 is 0 Å². The van der Waals surface area contributed by atoms with Gasteiger partial charge in [0, 0.05) is 17.5 Å². The molecule has 0 aromatic carbocycles. The fourth-order valence-corrected chi connectivity index (χ4v) is 3.37. The van der Waals surface area contributed by atoms with Gasteiger partial charge >= 0.3 is 0 Å². The first-order valence-electron chi connectivity index (χ1n) is 7.14. The Morgan fingerprint density at radius 2 is 2.38 bits per heavy atom. The van der Waals surface area contributed by atoms with Crippen LogP contribution in [0, 0.1) is 6.92 Å². The van der Waals surface area contributed by atoms with Crippen molar-refractivity contribution in [2.75, 3.05) is 13.2 Å². The van der Waals surface area contributed by atoms with Gasteiger partial charge in [-0.05, 0) is 38.3 Å². The zero-order valence-corrected chi connectivity index (χ0v) is 12.7. The van der Waals surface area contributed by atoms with Crippen molar-refractivity contribution in [3.63, 3.8) is 0 Å². The van der Waals surface area contributed by atoms with Crippen LogP contribution in [0.15, 0.2) is 22.8 Å². The van der Waals surface area contributed by atoms with Crippen molar-refractivity contribution in [1.82, 2.24) is 9.88 Å². The second kappa shape index (κ2) is 5.99. The fourth-order valence-electron chi connectivity index (χ4n) is 2.49. The number of amides is 1. The van der Waals surface area contributed by atoms with Crippen molar-refractivity contribution in [3.8, 4) is 10.8 Å². The number of aliphatic hydroxyl groups is 1. The van der Waals surface area contributed by atoms with Crippen LogP contribution in [0.25, 0.3) is 10.8 Å². The summed E-state index contributed by atoms with van der Waals surface area (Å²) in [7, 11) is 0. The predicted octanol–water partition coefficient (Wildman–Crippen LogP) is 2.70. The molecule has 2 aromatic rings. The van der Waals surface area contributed by atoms with E-state index in [1.165, 1.54) is 11.3 Å². The Bertz CT molecular complexity index is 617. The lowest BCUT2D eigenvalue weighted by Crippen LogP contribution is -2.45. The van der Waals surface area contributed by atoms with E-state index in [1.807, 2.05) is 13.0 Å². The molecule has 1 amide bonds. The van der Waals surface area contributed by atoms with Gasteiger partial charge in [-0.1, -0.05) is 0 Å². The SMILES string of the molecule is Cc1sc(-c2ccco2)nc1C(=O)N(CCO)C1CCC1. The molecule has 0 bridgehead atoms. The molecule has 0 aliphatic heterocycles. The van der Waals surface area contributed by atoms with Gasteiger partial charge in [-0.3, -0.25) is 4.79 Å². The first-order chi connectivity index (χ1) is 10.2. The van der Waals surface area contributed by atoms with E-state index in [0.717, 1.165) is 29.1 Å². The number of hydrogen-bond acceptors (Lipinski definition) is 5. The number of carbonyl (C=O) groups excluding carboxylic acids is 1. The maximum atomic E-state index is 12.7. The van der Waals surface area contributed by atoms with E-state index in [0.29, 0.717) is 18.0 Å². The van der Waals surface area contributed by atoms with Gasteiger partial charge in [0.25, 0.3) is 5.91 Å². The number of thiazole rings is 1. The van der Waals surface area contributed by atoms with Crippen molar-refractivity contribution in [2.45, 2.75) is 32.2 Å². The van der Waals surface area contributed by atoms with Crippen molar-refractivity contribution < 1.29 is 14.3 Å². The van der Waals surface area contributed by atoms with Crippen LogP contribution in [-0.2, 0) is 0 Å². The molecule has 0 spiro atoms. The second-order valence-electron chi connectivity index (χ2n) is 5.21. The lowest BCUT2D eigenvalue weighted by molar-refractivity contribution is 0.0520. The summed E-state index contributed by atoms with van der Waals surface area (Å²) < 4.78 is 5.34. The van der Waals surface area contributed by atoms with Gasteiger partial charge in [-0.2, -0.15) is 0 Å². The summed E-state index contributed by atoms with van der Waals surface area (Å²) in [6.45, 7) is 2.25. The first-order valence-corrected chi connectivity index (χ1v) is 7.95. The van der Waals surface area contributed by atoms with Crippen molar-refractivity contribution in [3.05, 3.63) is 29.0 Å². The zero-order valence-electron chi connectivity index (χ0n) is 11.9. The minimum atomic E-state index is -0.0830. The van der Waals surface area contributed by atoms with Crippen LogP contribution >= 0.6 is 11.3 Å². The number of aliphatic hydroxyl groups excluding tert-OH is 1. The van der Waals surface area contributed by atoms with Crippen molar-refractivity contribution in [1.29, 1.82) is 0 Å². The average molecular weight is 306 g/mol. The summed E-state index contributed by atoms with van der Waals surface area (Å²) in [5.74, 6) is 0.597. The van der Waals surface area contributed by atoms with Gasteiger partial charge in [-0.15, -0.1) is 11.3 Å². The molecule has 1 N–H and O–H groups in total. The molecule has 1 aliphatic carbocycles. The maximum absolute atomic E-state index is 12.7. The first kappa shape index (κ1) is 14.3. The standard InChI is InChI=1S/C15H18N2O3S/c1-10-13(16-14(21-10)12-6-3-9-20-12)15(19)17(7-8-18)11-4-2-5-11/h3,6,9,11,18H,2,4-5,7-8H2,1H3. The average Bonchev–Trinajstić information content (AvgIpc) is 3.04. The zero-order chi connectivity index (χ0) is 14.8. The van der Waals surface area contributed by atoms with Crippen LogP contribution in [0.3, 0.4) is 0 Å². The van der Waals surface area contributed by atoms with E-state index >= 15 is 0 Å². The molecule has 1 aliphatic rings. The number of furan rings is 1. The molecular formula is C15H18N2O3S. The van der Waals surface area contributed by atoms with Crippen LogP contribution in [-0.4, -0.2) is 40.1 Å². The Morgan fingerprint density at radius 3 is 2.95 bits per heavy atom. The highest BCUT2D eigenvalue weighted by Gasteiger charge is 2.31. The van der Waals surface area contributed by atoms with Crippen molar-refractivity contribution in [2.24, 2.45) is 0 Å². The number of aryl methyl sites for hydroxylation is 1. The monoisotopic (exact) mass is 306 g/mol. The molecule has 0 unspecified atom stereocenters. The molecule has 0 saturated heterocycles. The highest BCUT2D eigenvalue weighted by Crippen LogP contribution is 2.31. The van der Waals surface area contributed by atoms with Gasteiger partial charge in [0.1, 0.15) is 5.69 Å². The fraction of sp³-hybridized carbons (Fsp3) is 0.467. The van der Waals surface area contributed by atoms with Gasteiger partial charge in [0.2, 0.25) is 0 Å². The van der Waals surface area contributed by atoms with Crippen LogP contribution in [0.4, 0.5) is 0 Å². The quantitative estimate of drug-likeness (QED) is 0.922. The highest BCUT2D eigenvalue weighted by molar-refractivity contribution is 7.15. The smallest absolute Gasteiger partial charge is 0.273 e. The Labute approximate surface area is 127 Å². The summed E-state index contributed by atoms with van der Waals surface area (Å²) in [4.78, 5) is 19.8. The van der Waals surface area contributed by atoms with Crippen LogP contribution in [0.1, 0.15) is 34.6 Å². The Kier molecular flexibility index (Phi) is 4.07. The predicted molar refractivity (Wildman–Crippen MR) is 80.3 cm³/mol. The summed E-state index contributed by atoms with van der Waals surface area (Å²) in [5.41, 5.74) is 0.478. The highest BCUT2D eigenvalue weighted by atomic mass is 32.1. The van der Waals surface area contributed by atoms with E-state index in [1.54, 1.807) is 17.2 Å². The maximum Gasteiger partial charge on any atom is 0.273 e. The van der Waals surface area contributed by atoms with Gasteiger partial charge in [0.05, 0.1) is 12.9 Å². The number of nitrogens with zero attached hydrogens (tertiary/aromatic N) is 2. The minimum absolute atomic E-state index is 0.0174. The van der Waals surface area contributed by atoms with E-state index in [4.69, 9.17) is 4.42 Å². The number of hydrogen-bond donors (Lipinski definition) is 1. The normalized spacial score (nSPS) is 15.0. The van der Waals surface area contributed by atoms with Crippen LogP contribution in [0.2, 0.25) is 0 Å². The third-order valence-corrected chi connectivity index (χ3v) is 4.83. The molecule has 1 saturated carbocycles. The van der Waals surface area contributed by atoms with E-state index in [2.05, 4.69) is 4.98 Å². The minimum Gasteiger partial charge on any atom is -0.462 e. The Balaban J connectivity index is 1.86. The molecular weight excluding hydrogens is 288 g/mol. The molecule has 112 valence electrons. The largest absolute Gasteiger partial charge is 0.462 e. The summed E-state index contributed by atoms with van der Waals surface area (Å²) in [6.07, 6.45) is 4.77. The number of rotatable bonds is 5. The summed E-state index contributed by atoms with van der Waals surface area (Å²) >= 11 is 1.46. The van der Waals surface area contributed by atoms with Crippen LogP contribution in [0.5, 0.6) is 0 Å². The molecule has 2 heterocycles. The third kappa shape index (κ3) is 2.73. The summed E-state index contributed by atoms with van der Waals surface area (Å²) in [6, 6.07) is 3.89. The molecule has 0 atom stereocenters. The van der Waals surface area contributed by atoms with E-state index in [9.17, 15) is 9.90 Å². The third-order valence-electron chi connectivity index (χ3n) is 3.85. The molecule has 0 radical (unpaired) electrons. The van der Waals surface area contributed by atoms with E-state index in [-0.39, 0.29) is 18.6 Å². The molecule has 1 fully saturated rings. The second-order valence-corrected chi connectivity index (χ2v) is 6.41. The number of carbonyl (C=O) groups is 1. The molecule has 6 heteroatoms. The molecule has 5 nitrogen and oxygen atoms in total. The summed E-state index contributed by atoms with van der Waals surface area (Å²) in [5, 5.41) is 9.92. The van der Waals surface area contributed by atoms with Crippen LogP contribution < -0.4 is 0 Å². The Morgan fingerprint density at radius 1 is 1.57 bits per heavy atom. The lowest BCUT2D eigenvalue weighted by Gasteiger charge is -2.37. The molecule has 3 rings (SSSR count). The van der Waals surface area contributed by atoms with Gasteiger partial charge in [-0.25, -0.2) is 4.98 Å². The number of aromatic nitrogens is 1. The molecule has 2 aromatic heterocycles. The lowest BCUT2D eigenvalue weighted by atomic mass is 9.91. The van der Waals surface area contributed by atoms with Gasteiger partial charge in [0.15, 0.2) is 10.8 Å². The Hall–Kier alpha value is -1.66.